The quantitative estimate of drug-likeness (QED) is 0.664. The van der Waals surface area contributed by atoms with E-state index in [-0.39, 0.29) is 23.7 Å². The maximum absolute atomic E-state index is 12.2. The van der Waals surface area contributed by atoms with Crippen molar-refractivity contribution in [1.82, 2.24) is 0 Å². The predicted molar refractivity (Wildman–Crippen MR) is 131 cm³/mol. The molecular formula is C29H35NO3. The number of nitrogens with zero attached hydrogens (tertiary/aromatic N) is 1. The number of rotatable bonds is 2. The molecule has 5 rings (SSSR count). The third-order valence-electron chi connectivity index (χ3n) is 9.07. The van der Waals surface area contributed by atoms with Gasteiger partial charge in [-0.05, 0) is 85.3 Å². The number of benzene rings is 1. The lowest BCUT2D eigenvalue weighted by atomic mass is 9.51. The van der Waals surface area contributed by atoms with Crippen molar-refractivity contribution in [3.05, 3.63) is 52.6 Å². The molecule has 4 aliphatic rings. The lowest BCUT2D eigenvalue weighted by Gasteiger charge is -2.53. The zero-order valence-corrected chi connectivity index (χ0v) is 20.0. The lowest BCUT2D eigenvalue weighted by molar-refractivity contribution is -0.114. The standard InChI is InChI=1S/C29H35NO3/c1-28-18-25(19-5-8-21(9-6-19)30(2)3)27-23-12-10-22(32)17-20(23)7-11-24(27)26(28)13-15-29(28,33)14-4-16-31/h5-6,8-9,17,24-26,31,33H,7,10-13,15-16,18H2,1-3H3/t24?,25?,26?,28-,29?/m0/s1. The number of hydrogen-bond donors (Lipinski definition) is 2. The molecule has 4 heteroatoms. The maximum Gasteiger partial charge on any atom is 0.156 e. The van der Waals surface area contributed by atoms with Crippen LogP contribution in [0.2, 0.25) is 0 Å². The number of carbonyl (C=O) groups excluding carboxylic acids is 1. The predicted octanol–water partition coefficient (Wildman–Crippen LogP) is 4.38. The minimum atomic E-state index is -1.07. The van der Waals surface area contributed by atoms with Crippen LogP contribution < -0.4 is 4.90 Å². The highest BCUT2D eigenvalue weighted by Gasteiger charge is 2.62. The molecule has 33 heavy (non-hydrogen) atoms. The number of hydrogen-bond acceptors (Lipinski definition) is 4. The Morgan fingerprint density at radius 2 is 1.88 bits per heavy atom. The van der Waals surface area contributed by atoms with Gasteiger partial charge in [-0.25, -0.2) is 0 Å². The normalized spacial score (nSPS) is 35.1. The molecule has 4 aliphatic carbocycles. The van der Waals surface area contributed by atoms with Gasteiger partial charge in [-0.3, -0.25) is 4.79 Å². The summed E-state index contributed by atoms with van der Waals surface area (Å²) in [5.74, 6) is 7.10. The molecule has 1 aromatic rings. The molecule has 0 amide bonds. The number of ketones is 1. The summed E-state index contributed by atoms with van der Waals surface area (Å²) in [5.41, 5.74) is 5.26. The average molecular weight is 446 g/mol. The largest absolute Gasteiger partial charge is 0.384 e. The van der Waals surface area contributed by atoms with E-state index in [1.807, 2.05) is 6.08 Å². The van der Waals surface area contributed by atoms with E-state index in [9.17, 15) is 15.0 Å². The van der Waals surface area contributed by atoms with Crippen molar-refractivity contribution in [3.63, 3.8) is 0 Å². The number of fused-ring (bicyclic) bond motifs is 4. The zero-order chi connectivity index (χ0) is 23.4. The first-order valence-electron chi connectivity index (χ1n) is 12.3. The van der Waals surface area contributed by atoms with E-state index >= 15 is 0 Å². The first-order valence-corrected chi connectivity index (χ1v) is 12.3. The van der Waals surface area contributed by atoms with Gasteiger partial charge in [0.15, 0.2) is 5.78 Å². The number of allylic oxidation sites excluding steroid dienone is 4. The van der Waals surface area contributed by atoms with Crippen LogP contribution >= 0.6 is 0 Å². The van der Waals surface area contributed by atoms with Crippen LogP contribution in [0.4, 0.5) is 5.69 Å². The van der Waals surface area contributed by atoms with E-state index in [2.05, 4.69) is 62.0 Å². The molecule has 0 bridgehead atoms. The molecule has 4 nitrogen and oxygen atoms in total. The molecule has 0 spiro atoms. The van der Waals surface area contributed by atoms with Gasteiger partial charge in [0.05, 0.1) is 0 Å². The van der Waals surface area contributed by atoms with Crippen molar-refractivity contribution >= 4 is 11.5 Å². The molecule has 0 aromatic heterocycles. The molecule has 0 aliphatic heterocycles. The highest BCUT2D eigenvalue weighted by molar-refractivity contribution is 5.93. The summed E-state index contributed by atoms with van der Waals surface area (Å²) in [6, 6.07) is 8.85. The van der Waals surface area contributed by atoms with Crippen molar-refractivity contribution in [3.8, 4) is 11.8 Å². The van der Waals surface area contributed by atoms with E-state index in [4.69, 9.17) is 0 Å². The molecular weight excluding hydrogens is 410 g/mol. The third kappa shape index (κ3) is 3.49. The summed E-state index contributed by atoms with van der Waals surface area (Å²) >= 11 is 0. The molecule has 0 saturated heterocycles. The molecule has 174 valence electrons. The number of aliphatic hydroxyl groups excluding tert-OH is 1. The SMILES string of the molecule is CN(C)c1ccc(C2C[C@@]3(C)C(CCC3(O)C#CCO)C3CCC4=CC(=O)CCC4=C23)cc1. The Morgan fingerprint density at radius 3 is 2.58 bits per heavy atom. The molecule has 5 atom stereocenters. The Kier molecular flexibility index (Phi) is 5.54. The van der Waals surface area contributed by atoms with Gasteiger partial charge in [0.25, 0.3) is 0 Å². The molecule has 2 fully saturated rings. The molecule has 0 radical (unpaired) electrons. The fraction of sp³-hybridized carbons (Fsp3) is 0.552. The fourth-order valence-corrected chi connectivity index (χ4v) is 7.36. The summed E-state index contributed by atoms with van der Waals surface area (Å²) in [6.07, 6.45) is 7.80. The monoisotopic (exact) mass is 445 g/mol. The minimum absolute atomic E-state index is 0.208. The Labute approximate surface area is 197 Å². The second kappa shape index (κ2) is 8.15. The van der Waals surface area contributed by atoms with E-state index in [1.54, 1.807) is 0 Å². The van der Waals surface area contributed by atoms with Crippen molar-refractivity contribution < 1.29 is 15.0 Å². The summed E-state index contributed by atoms with van der Waals surface area (Å²) in [6.45, 7) is 2.01. The Bertz CT molecular complexity index is 1090. The smallest absolute Gasteiger partial charge is 0.156 e. The second-order valence-electron chi connectivity index (χ2n) is 10.8. The summed E-state index contributed by atoms with van der Waals surface area (Å²) < 4.78 is 0. The Balaban J connectivity index is 1.66. The van der Waals surface area contributed by atoms with Crippen molar-refractivity contribution in [2.75, 3.05) is 25.6 Å². The number of anilines is 1. The molecule has 2 saturated carbocycles. The van der Waals surface area contributed by atoms with Crippen LogP contribution in [0, 0.1) is 29.1 Å². The van der Waals surface area contributed by atoms with Crippen LogP contribution in [-0.4, -0.2) is 42.3 Å². The van der Waals surface area contributed by atoms with Crippen LogP contribution in [-0.2, 0) is 4.79 Å². The van der Waals surface area contributed by atoms with Gasteiger partial charge in [0.2, 0.25) is 0 Å². The van der Waals surface area contributed by atoms with E-state index in [0.717, 1.165) is 32.1 Å². The summed E-state index contributed by atoms with van der Waals surface area (Å²) in [5, 5.41) is 21.1. The highest BCUT2D eigenvalue weighted by Crippen LogP contribution is 2.66. The summed E-state index contributed by atoms with van der Waals surface area (Å²) in [4.78, 5) is 14.3. The van der Waals surface area contributed by atoms with Crippen molar-refractivity contribution in [2.45, 2.75) is 63.4 Å². The average Bonchev–Trinajstić information content (AvgIpc) is 3.07. The van der Waals surface area contributed by atoms with Gasteiger partial charge in [0.1, 0.15) is 12.2 Å². The Hall–Kier alpha value is -2.35. The van der Waals surface area contributed by atoms with Gasteiger partial charge in [-0.1, -0.05) is 36.5 Å². The van der Waals surface area contributed by atoms with E-state index in [1.165, 1.54) is 28.0 Å². The zero-order valence-electron chi connectivity index (χ0n) is 20.0. The van der Waals surface area contributed by atoms with Crippen LogP contribution in [0.5, 0.6) is 0 Å². The molecule has 1 aromatic carbocycles. The van der Waals surface area contributed by atoms with Crippen LogP contribution in [0.1, 0.15) is 63.4 Å². The van der Waals surface area contributed by atoms with Gasteiger partial charge in [0, 0.05) is 37.5 Å². The number of carbonyl (C=O) groups is 1. The van der Waals surface area contributed by atoms with E-state index < -0.39 is 5.60 Å². The van der Waals surface area contributed by atoms with Crippen LogP contribution in [0.15, 0.2) is 47.1 Å². The van der Waals surface area contributed by atoms with E-state index in [0.29, 0.717) is 24.7 Å². The second-order valence-corrected chi connectivity index (χ2v) is 10.8. The maximum atomic E-state index is 12.2. The van der Waals surface area contributed by atoms with Crippen molar-refractivity contribution in [1.29, 1.82) is 0 Å². The third-order valence-corrected chi connectivity index (χ3v) is 9.07. The van der Waals surface area contributed by atoms with Gasteiger partial charge >= 0.3 is 0 Å². The first-order chi connectivity index (χ1) is 15.8. The fourth-order valence-electron chi connectivity index (χ4n) is 7.36. The van der Waals surface area contributed by atoms with Crippen LogP contribution in [0.3, 0.4) is 0 Å². The minimum Gasteiger partial charge on any atom is -0.384 e. The van der Waals surface area contributed by atoms with Crippen LogP contribution in [0.25, 0.3) is 0 Å². The van der Waals surface area contributed by atoms with Gasteiger partial charge in [-0.2, -0.15) is 0 Å². The number of aliphatic hydroxyl groups is 2. The first kappa shape index (κ1) is 22.4. The van der Waals surface area contributed by atoms with Crippen molar-refractivity contribution in [2.24, 2.45) is 17.3 Å². The lowest BCUT2D eigenvalue weighted by Crippen LogP contribution is -2.51. The van der Waals surface area contributed by atoms with Gasteiger partial charge < -0.3 is 15.1 Å². The topological polar surface area (TPSA) is 60.8 Å². The summed E-state index contributed by atoms with van der Waals surface area (Å²) in [7, 11) is 4.11. The Morgan fingerprint density at radius 1 is 1.12 bits per heavy atom. The molecule has 0 heterocycles. The molecule has 2 N–H and O–H groups in total. The molecule has 4 unspecified atom stereocenters. The highest BCUT2D eigenvalue weighted by atomic mass is 16.3. The van der Waals surface area contributed by atoms with Gasteiger partial charge in [-0.15, -0.1) is 0 Å².